The zero-order valence-electron chi connectivity index (χ0n) is 11.7. The molecular weight excluding hydrogens is 232 g/mol. The highest BCUT2D eigenvalue weighted by Gasteiger charge is 2.17. The third-order valence-electron chi connectivity index (χ3n) is 2.54. The number of aromatic nitrogens is 2. The van der Waals surface area contributed by atoms with E-state index in [-0.39, 0.29) is 12.6 Å². The second-order valence-electron chi connectivity index (χ2n) is 4.88. The van der Waals surface area contributed by atoms with Crippen LogP contribution in [0, 0.1) is 0 Å². The molecule has 0 spiro atoms. The lowest BCUT2D eigenvalue weighted by Gasteiger charge is -2.23. The van der Waals surface area contributed by atoms with Gasteiger partial charge in [0.15, 0.2) is 0 Å². The maximum absolute atomic E-state index is 8.89. The molecule has 0 atom stereocenters. The lowest BCUT2D eigenvalue weighted by molar-refractivity contribution is 0.287. The summed E-state index contributed by atoms with van der Waals surface area (Å²) in [5, 5.41) is 20.2. The molecule has 6 nitrogen and oxygen atoms in total. The van der Waals surface area contributed by atoms with Crippen LogP contribution in [0.4, 0.5) is 6.01 Å². The van der Waals surface area contributed by atoms with Crippen LogP contribution in [-0.4, -0.2) is 40.5 Å². The highest BCUT2D eigenvalue weighted by atomic mass is 16.4. The fourth-order valence-corrected chi connectivity index (χ4v) is 1.54. The number of hydrogen-bond donors (Lipinski definition) is 2. The molecule has 18 heavy (non-hydrogen) atoms. The van der Waals surface area contributed by atoms with Crippen LogP contribution in [0.2, 0.25) is 0 Å². The fourth-order valence-electron chi connectivity index (χ4n) is 1.54. The van der Waals surface area contributed by atoms with E-state index in [1.54, 1.807) is 0 Å². The molecular formula is C12H24N4O2. The predicted octanol–water partition coefficient (Wildman–Crippen LogP) is 1.16. The molecule has 0 radical (unpaired) electrons. The van der Waals surface area contributed by atoms with Gasteiger partial charge in [0.05, 0.1) is 6.54 Å². The minimum absolute atomic E-state index is 0.166. The van der Waals surface area contributed by atoms with Crippen LogP contribution in [0.5, 0.6) is 0 Å². The van der Waals surface area contributed by atoms with Crippen LogP contribution < -0.4 is 10.2 Å². The number of nitrogens with one attached hydrogen (secondary N) is 1. The van der Waals surface area contributed by atoms with Crippen LogP contribution in [0.1, 0.15) is 40.0 Å². The average Bonchev–Trinajstić information content (AvgIpc) is 2.75. The summed E-state index contributed by atoms with van der Waals surface area (Å²) in [6.07, 6.45) is 0.695. The number of nitrogens with zero attached hydrogens (tertiary/aromatic N) is 3. The lowest BCUT2D eigenvalue weighted by Crippen LogP contribution is -2.32. The van der Waals surface area contributed by atoms with E-state index in [0.29, 0.717) is 37.5 Å². The Morgan fingerprint density at radius 1 is 1.28 bits per heavy atom. The van der Waals surface area contributed by atoms with Crippen molar-refractivity contribution in [1.29, 1.82) is 0 Å². The van der Waals surface area contributed by atoms with Crippen LogP contribution in [0.15, 0.2) is 4.42 Å². The summed E-state index contributed by atoms with van der Waals surface area (Å²) >= 11 is 0. The van der Waals surface area contributed by atoms with E-state index in [2.05, 4.69) is 43.2 Å². The first-order valence-corrected chi connectivity index (χ1v) is 6.47. The Kier molecular flexibility index (Phi) is 6.07. The highest BCUT2D eigenvalue weighted by molar-refractivity contribution is 5.25. The Hall–Kier alpha value is -1.14. The summed E-state index contributed by atoms with van der Waals surface area (Å²) in [5.74, 6) is 0.591. The summed E-state index contributed by atoms with van der Waals surface area (Å²) < 4.78 is 5.61. The largest absolute Gasteiger partial charge is 0.407 e. The molecule has 0 amide bonds. The van der Waals surface area contributed by atoms with E-state index in [1.807, 2.05) is 4.90 Å². The number of hydrogen-bond acceptors (Lipinski definition) is 6. The Morgan fingerprint density at radius 3 is 2.56 bits per heavy atom. The van der Waals surface area contributed by atoms with Gasteiger partial charge in [-0.05, 0) is 20.3 Å². The third kappa shape index (κ3) is 4.62. The molecule has 104 valence electrons. The van der Waals surface area contributed by atoms with Gasteiger partial charge in [-0.2, -0.15) is 0 Å². The molecule has 0 fully saturated rings. The zero-order chi connectivity index (χ0) is 13.5. The summed E-state index contributed by atoms with van der Waals surface area (Å²) in [6.45, 7) is 9.72. The molecule has 0 aliphatic carbocycles. The molecule has 1 aromatic rings. The van der Waals surface area contributed by atoms with Crippen LogP contribution in [0.25, 0.3) is 0 Å². The summed E-state index contributed by atoms with van der Waals surface area (Å²) in [5.41, 5.74) is 0. The molecule has 0 bridgehead atoms. The number of rotatable bonds is 8. The van der Waals surface area contributed by atoms with E-state index in [0.717, 1.165) is 0 Å². The molecule has 0 aromatic carbocycles. The predicted molar refractivity (Wildman–Crippen MR) is 70.5 cm³/mol. The quantitative estimate of drug-likeness (QED) is 0.727. The van der Waals surface area contributed by atoms with E-state index >= 15 is 0 Å². The molecule has 1 aromatic heterocycles. The fraction of sp³-hybridized carbons (Fsp3) is 0.833. The van der Waals surface area contributed by atoms with Gasteiger partial charge in [0.1, 0.15) is 0 Å². The molecule has 6 heteroatoms. The first-order chi connectivity index (χ1) is 8.54. The van der Waals surface area contributed by atoms with Crippen LogP contribution in [0.3, 0.4) is 0 Å². The SMILES string of the molecule is CC(C)NCc1nnc(N(CCCO)C(C)C)o1. The van der Waals surface area contributed by atoms with Crippen molar-refractivity contribution < 1.29 is 9.52 Å². The minimum atomic E-state index is 0.166. The third-order valence-corrected chi connectivity index (χ3v) is 2.54. The molecule has 1 rings (SSSR count). The normalized spacial score (nSPS) is 11.5. The highest BCUT2D eigenvalue weighted by Crippen LogP contribution is 2.15. The topological polar surface area (TPSA) is 74.4 Å². The van der Waals surface area contributed by atoms with Gasteiger partial charge in [-0.3, -0.25) is 0 Å². The monoisotopic (exact) mass is 256 g/mol. The van der Waals surface area contributed by atoms with Crippen LogP contribution in [-0.2, 0) is 6.54 Å². The number of aliphatic hydroxyl groups is 1. The van der Waals surface area contributed by atoms with Crippen molar-refractivity contribution in [3.63, 3.8) is 0 Å². The molecule has 0 aliphatic heterocycles. The van der Waals surface area contributed by atoms with Gasteiger partial charge in [-0.15, -0.1) is 5.10 Å². The second-order valence-corrected chi connectivity index (χ2v) is 4.88. The summed E-state index contributed by atoms with van der Waals surface area (Å²) in [4.78, 5) is 2.00. The van der Waals surface area contributed by atoms with E-state index in [4.69, 9.17) is 9.52 Å². The molecule has 0 saturated carbocycles. The molecule has 0 saturated heterocycles. The molecule has 2 N–H and O–H groups in total. The van der Waals surface area contributed by atoms with Gasteiger partial charge >= 0.3 is 6.01 Å². The Morgan fingerprint density at radius 2 is 2.00 bits per heavy atom. The summed E-state index contributed by atoms with van der Waals surface area (Å²) in [7, 11) is 0. The molecule has 0 unspecified atom stereocenters. The van der Waals surface area contributed by atoms with Gasteiger partial charge in [-0.25, -0.2) is 0 Å². The maximum Gasteiger partial charge on any atom is 0.318 e. The lowest BCUT2D eigenvalue weighted by atomic mass is 10.3. The van der Waals surface area contributed by atoms with Crippen molar-refractivity contribution in [1.82, 2.24) is 15.5 Å². The van der Waals surface area contributed by atoms with Crippen molar-refractivity contribution in [2.45, 2.75) is 52.7 Å². The Labute approximate surface area is 108 Å². The minimum Gasteiger partial charge on any atom is -0.407 e. The van der Waals surface area contributed by atoms with E-state index < -0.39 is 0 Å². The van der Waals surface area contributed by atoms with Crippen molar-refractivity contribution in [2.24, 2.45) is 0 Å². The smallest absolute Gasteiger partial charge is 0.318 e. The van der Waals surface area contributed by atoms with E-state index in [9.17, 15) is 0 Å². The van der Waals surface area contributed by atoms with Crippen molar-refractivity contribution in [3.8, 4) is 0 Å². The van der Waals surface area contributed by atoms with Gasteiger partial charge in [0, 0.05) is 25.2 Å². The summed E-state index contributed by atoms with van der Waals surface area (Å²) in [6, 6.07) is 1.18. The molecule has 0 aliphatic rings. The van der Waals surface area contributed by atoms with Gasteiger partial charge in [0.25, 0.3) is 0 Å². The zero-order valence-corrected chi connectivity index (χ0v) is 11.7. The number of aliphatic hydroxyl groups excluding tert-OH is 1. The van der Waals surface area contributed by atoms with Crippen molar-refractivity contribution >= 4 is 6.01 Å². The first-order valence-electron chi connectivity index (χ1n) is 6.47. The molecule has 1 heterocycles. The number of anilines is 1. The van der Waals surface area contributed by atoms with Gasteiger partial charge in [-0.1, -0.05) is 18.9 Å². The van der Waals surface area contributed by atoms with Crippen molar-refractivity contribution in [3.05, 3.63) is 5.89 Å². The van der Waals surface area contributed by atoms with Crippen LogP contribution >= 0.6 is 0 Å². The van der Waals surface area contributed by atoms with Gasteiger partial charge < -0.3 is 19.7 Å². The Bertz CT molecular complexity index is 339. The standard InChI is InChI=1S/C12H24N4O2/c1-9(2)13-8-11-14-15-12(18-11)16(10(3)4)6-5-7-17/h9-10,13,17H,5-8H2,1-4H3. The second kappa shape index (κ2) is 7.33. The maximum atomic E-state index is 8.89. The van der Waals surface area contributed by atoms with E-state index in [1.165, 1.54) is 0 Å². The first kappa shape index (κ1) is 14.9. The van der Waals surface area contributed by atoms with Crippen molar-refractivity contribution in [2.75, 3.05) is 18.1 Å². The van der Waals surface area contributed by atoms with Gasteiger partial charge in [0.2, 0.25) is 5.89 Å². The Balaban J connectivity index is 2.62. The average molecular weight is 256 g/mol.